The van der Waals surface area contributed by atoms with E-state index in [0.29, 0.717) is 11.5 Å². The number of carbonyl (C=O) groups is 1. The molecule has 1 aliphatic rings. The standard InChI is InChI=1S/C21H24N2O3S/c1-15(18-9-8-17-4-2-3-5-19(17)12-18)22-21(24)14-27-13-16-6-10-20(11-7-16)23(25)26/h6-12,15H,2-5,13-14H2,1H3,(H,22,24)/t15-/m0/s1. The van der Waals surface area contributed by atoms with E-state index >= 15 is 0 Å². The van der Waals surface area contributed by atoms with Crippen molar-refractivity contribution in [2.24, 2.45) is 0 Å². The number of benzene rings is 2. The van der Waals surface area contributed by atoms with Gasteiger partial charge in [-0.2, -0.15) is 0 Å². The Kier molecular flexibility index (Phi) is 6.50. The van der Waals surface area contributed by atoms with Crippen LogP contribution in [0.4, 0.5) is 5.69 Å². The van der Waals surface area contributed by atoms with E-state index in [1.165, 1.54) is 47.9 Å². The van der Waals surface area contributed by atoms with E-state index < -0.39 is 4.92 Å². The molecule has 0 saturated carbocycles. The Labute approximate surface area is 163 Å². The maximum absolute atomic E-state index is 12.2. The number of nitrogens with zero attached hydrogens (tertiary/aromatic N) is 1. The molecule has 5 nitrogen and oxygen atoms in total. The van der Waals surface area contributed by atoms with E-state index in [1.54, 1.807) is 12.1 Å². The fraction of sp³-hybridized carbons (Fsp3) is 0.381. The molecule has 0 aromatic heterocycles. The molecule has 2 aromatic rings. The van der Waals surface area contributed by atoms with E-state index in [4.69, 9.17) is 0 Å². The van der Waals surface area contributed by atoms with Crippen molar-refractivity contribution < 1.29 is 9.72 Å². The molecule has 1 aliphatic carbocycles. The molecule has 0 heterocycles. The summed E-state index contributed by atoms with van der Waals surface area (Å²) in [5, 5.41) is 13.7. The minimum atomic E-state index is -0.410. The van der Waals surface area contributed by atoms with Crippen LogP contribution in [0.2, 0.25) is 0 Å². The van der Waals surface area contributed by atoms with Gasteiger partial charge in [0.15, 0.2) is 0 Å². The first-order valence-corrected chi connectivity index (χ1v) is 10.4. The predicted molar refractivity (Wildman–Crippen MR) is 109 cm³/mol. The molecule has 0 saturated heterocycles. The second-order valence-corrected chi connectivity index (χ2v) is 7.93. The highest BCUT2D eigenvalue weighted by molar-refractivity contribution is 7.99. The minimum absolute atomic E-state index is 0.00660. The fourth-order valence-corrected chi connectivity index (χ4v) is 4.16. The van der Waals surface area contributed by atoms with E-state index in [9.17, 15) is 14.9 Å². The number of rotatable bonds is 7. The lowest BCUT2D eigenvalue weighted by atomic mass is 9.89. The van der Waals surface area contributed by atoms with Gasteiger partial charge >= 0.3 is 0 Å². The number of aryl methyl sites for hydroxylation is 2. The first kappa shape index (κ1) is 19.4. The maximum Gasteiger partial charge on any atom is 0.269 e. The number of nitro benzene ring substituents is 1. The number of nitrogens with one attached hydrogen (secondary N) is 1. The van der Waals surface area contributed by atoms with Crippen molar-refractivity contribution in [1.29, 1.82) is 0 Å². The third-order valence-corrected chi connectivity index (χ3v) is 5.90. The highest BCUT2D eigenvalue weighted by Gasteiger charge is 2.14. The molecular weight excluding hydrogens is 360 g/mol. The van der Waals surface area contributed by atoms with Crippen LogP contribution in [0, 0.1) is 10.1 Å². The van der Waals surface area contributed by atoms with Gasteiger partial charge in [0.05, 0.1) is 16.7 Å². The normalized spacial score (nSPS) is 14.3. The van der Waals surface area contributed by atoms with E-state index in [1.807, 2.05) is 6.92 Å². The van der Waals surface area contributed by atoms with Crippen molar-refractivity contribution in [3.05, 3.63) is 74.8 Å². The summed E-state index contributed by atoms with van der Waals surface area (Å²) < 4.78 is 0. The van der Waals surface area contributed by atoms with E-state index in [0.717, 1.165) is 24.0 Å². The molecular formula is C21H24N2O3S. The van der Waals surface area contributed by atoms with Crippen LogP contribution in [0.3, 0.4) is 0 Å². The zero-order chi connectivity index (χ0) is 19.2. The van der Waals surface area contributed by atoms with Gasteiger partial charge in [0.1, 0.15) is 0 Å². The van der Waals surface area contributed by atoms with Crippen molar-refractivity contribution in [3.8, 4) is 0 Å². The molecule has 1 amide bonds. The smallest absolute Gasteiger partial charge is 0.269 e. The summed E-state index contributed by atoms with van der Waals surface area (Å²) in [4.78, 5) is 22.5. The van der Waals surface area contributed by atoms with E-state index in [2.05, 4.69) is 23.5 Å². The SMILES string of the molecule is C[C@H](NC(=O)CSCc1ccc([N+](=O)[O-])cc1)c1ccc2c(c1)CCCC2. The first-order chi connectivity index (χ1) is 13.0. The largest absolute Gasteiger partial charge is 0.349 e. The maximum atomic E-state index is 12.2. The molecule has 27 heavy (non-hydrogen) atoms. The Morgan fingerprint density at radius 3 is 2.56 bits per heavy atom. The van der Waals surface area contributed by atoms with Gasteiger partial charge in [-0.25, -0.2) is 0 Å². The number of carbonyl (C=O) groups excluding carboxylic acids is 1. The molecule has 0 aliphatic heterocycles. The molecule has 0 radical (unpaired) electrons. The Bertz CT molecular complexity index is 821. The van der Waals surface area contributed by atoms with Crippen LogP contribution in [0.25, 0.3) is 0 Å². The number of hydrogen-bond acceptors (Lipinski definition) is 4. The predicted octanol–water partition coefficient (Wildman–Crippen LogP) is 4.58. The van der Waals surface area contributed by atoms with Crippen LogP contribution in [0.15, 0.2) is 42.5 Å². The summed E-state index contributed by atoms with van der Waals surface area (Å²) in [7, 11) is 0. The van der Waals surface area contributed by atoms with Gasteiger partial charge in [-0.05, 0) is 54.9 Å². The van der Waals surface area contributed by atoms with Crippen molar-refractivity contribution in [2.75, 3.05) is 5.75 Å². The number of fused-ring (bicyclic) bond motifs is 1. The van der Waals surface area contributed by atoms with E-state index in [-0.39, 0.29) is 17.6 Å². The summed E-state index contributed by atoms with van der Waals surface area (Å²) in [6, 6.07) is 13.0. The molecule has 0 spiro atoms. The van der Waals surface area contributed by atoms with Crippen LogP contribution in [-0.2, 0) is 23.4 Å². The van der Waals surface area contributed by atoms with Gasteiger partial charge in [0.2, 0.25) is 5.91 Å². The summed E-state index contributed by atoms with van der Waals surface area (Å²) >= 11 is 1.51. The Hall–Kier alpha value is -2.34. The zero-order valence-electron chi connectivity index (χ0n) is 15.4. The quantitative estimate of drug-likeness (QED) is 0.560. The monoisotopic (exact) mass is 384 g/mol. The van der Waals surface area contributed by atoms with Gasteiger partial charge in [0, 0.05) is 17.9 Å². The highest BCUT2D eigenvalue weighted by atomic mass is 32.2. The molecule has 6 heteroatoms. The average molecular weight is 385 g/mol. The molecule has 1 atom stereocenters. The summed E-state index contributed by atoms with van der Waals surface area (Å²) in [6.45, 7) is 2.02. The van der Waals surface area contributed by atoms with Crippen molar-refractivity contribution >= 4 is 23.4 Å². The van der Waals surface area contributed by atoms with Gasteiger partial charge in [-0.15, -0.1) is 11.8 Å². The number of hydrogen-bond donors (Lipinski definition) is 1. The summed E-state index contributed by atoms with van der Waals surface area (Å²) in [5.74, 6) is 1.03. The molecule has 0 unspecified atom stereocenters. The van der Waals surface area contributed by atoms with Crippen LogP contribution < -0.4 is 5.32 Å². The second-order valence-electron chi connectivity index (χ2n) is 6.94. The lowest BCUT2D eigenvalue weighted by Crippen LogP contribution is -2.28. The topological polar surface area (TPSA) is 72.2 Å². The zero-order valence-corrected chi connectivity index (χ0v) is 16.3. The highest BCUT2D eigenvalue weighted by Crippen LogP contribution is 2.25. The van der Waals surface area contributed by atoms with Gasteiger partial charge in [0.25, 0.3) is 5.69 Å². The lowest BCUT2D eigenvalue weighted by Gasteiger charge is -2.20. The Morgan fingerprint density at radius 1 is 1.15 bits per heavy atom. The summed E-state index contributed by atoms with van der Waals surface area (Å²) in [5.41, 5.74) is 5.08. The third kappa shape index (κ3) is 5.32. The fourth-order valence-electron chi connectivity index (χ4n) is 3.36. The van der Waals surface area contributed by atoms with Crippen LogP contribution >= 0.6 is 11.8 Å². The number of amides is 1. The van der Waals surface area contributed by atoms with Crippen molar-refractivity contribution in [1.82, 2.24) is 5.32 Å². The molecule has 3 rings (SSSR count). The van der Waals surface area contributed by atoms with Gasteiger partial charge in [-0.1, -0.05) is 30.3 Å². The molecule has 142 valence electrons. The number of thioether (sulfide) groups is 1. The Morgan fingerprint density at radius 2 is 1.85 bits per heavy atom. The minimum Gasteiger partial charge on any atom is -0.349 e. The third-order valence-electron chi connectivity index (χ3n) is 4.90. The average Bonchev–Trinajstić information content (AvgIpc) is 2.68. The van der Waals surface area contributed by atoms with Crippen LogP contribution in [0.1, 0.15) is 48.1 Å². The van der Waals surface area contributed by atoms with Crippen molar-refractivity contribution in [2.45, 2.75) is 44.4 Å². The molecule has 0 fully saturated rings. The Balaban J connectivity index is 1.46. The van der Waals surface area contributed by atoms with Gasteiger partial charge < -0.3 is 5.32 Å². The second kappa shape index (κ2) is 9.04. The first-order valence-electron chi connectivity index (χ1n) is 9.25. The molecule has 1 N–H and O–H groups in total. The van der Waals surface area contributed by atoms with Crippen LogP contribution in [-0.4, -0.2) is 16.6 Å². The summed E-state index contributed by atoms with van der Waals surface area (Å²) in [6.07, 6.45) is 4.81. The molecule has 0 bridgehead atoms. The van der Waals surface area contributed by atoms with Crippen molar-refractivity contribution in [3.63, 3.8) is 0 Å². The van der Waals surface area contributed by atoms with Gasteiger partial charge in [-0.3, -0.25) is 14.9 Å². The number of nitro groups is 1. The van der Waals surface area contributed by atoms with Crippen LogP contribution in [0.5, 0.6) is 0 Å². The lowest BCUT2D eigenvalue weighted by molar-refractivity contribution is -0.384. The number of non-ortho nitro benzene ring substituents is 1. The molecule has 2 aromatic carbocycles.